The normalized spacial score (nSPS) is 11.5. The van der Waals surface area contributed by atoms with Crippen molar-refractivity contribution < 1.29 is 14.3 Å². The van der Waals surface area contributed by atoms with Gasteiger partial charge in [0, 0.05) is 5.97 Å². The minimum Gasteiger partial charge on any atom is -0.550 e. The third-order valence-electron chi connectivity index (χ3n) is 2.49. The van der Waals surface area contributed by atoms with Gasteiger partial charge in [0.05, 0.1) is 0 Å². The van der Waals surface area contributed by atoms with Crippen LogP contribution in [0, 0.1) is 5.82 Å². The molecule has 0 amide bonds. The van der Waals surface area contributed by atoms with Crippen LogP contribution in [0.5, 0.6) is 0 Å². The Morgan fingerprint density at radius 2 is 2.00 bits per heavy atom. The molecule has 16 heavy (non-hydrogen) atoms. The van der Waals surface area contributed by atoms with Crippen molar-refractivity contribution >= 4 is 5.97 Å². The van der Waals surface area contributed by atoms with Crippen LogP contribution in [0.4, 0.5) is 4.39 Å². The molecule has 0 heterocycles. The van der Waals surface area contributed by atoms with Crippen molar-refractivity contribution in [3.05, 3.63) is 35.1 Å². The summed E-state index contributed by atoms with van der Waals surface area (Å²) in [5.74, 6) is -1.45. The van der Waals surface area contributed by atoms with E-state index >= 15 is 0 Å². The highest BCUT2D eigenvalue weighted by molar-refractivity contribution is 5.64. The van der Waals surface area contributed by atoms with Crippen LogP contribution in [0.2, 0.25) is 0 Å². The number of rotatable bonds is 3. The fourth-order valence-electron chi connectivity index (χ4n) is 1.59. The maximum atomic E-state index is 14.0. The molecule has 0 bridgehead atoms. The number of benzene rings is 1. The second-order valence-corrected chi connectivity index (χ2v) is 4.90. The lowest BCUT2D eigenvalue weighted by Crippen LogP contribution is -2.23. The van der Waals surface area contributed by atoms with Crippen LogP contribution in [0.15, 0.2) is 18.2 Å². The molecule has 1 rings (SSSR count). The van der Waals surface area contributed by atoms with E-state index in [0.717, 1.165) is 0 Å². The topological polar surface area (TPSA) is 40.1 Å². The van der Waals surface area contributed by atoms with Gasteiger partial charge in [-0.05, 0) is 29.4 Å². The summed E-state index contributed by atoms with van der Waals surface area (Å²) < 4.78 is 14.0. The molecule has 0 saturated heterocycles. The third-order valence-corrected chi connectivity index (χ3v) is 2.49. The van der Waals surface area contributed by atoms with E-state index in [1.807, 2.05) is 20.8 Å². The van der Waals surface area contributed by atoms with E-state index in [1.165, 1.54) is 0 Å². The van der Waals surface area contributed by atoms with E-state index in [0.29, 0.717) is 11.1 Å². The summed E-state index contributed by atoms with van der Waals surface area (Å²) in [6, 6.07) is 5.11. The number of hydrogen-bond acceptors (Lipinski definition) is 2. The fraction of sp³-hybridized carbons (Fsp3) is 0.462. The quantitative estimate of drug-likeness (QED) is 0.784. The number of hydrogen-bond donors (Lipinski definition) is 0. The molecule has 1 aromatic rings. The van der Waals surface area contributed by atoms with Crippen molar-refractivity contribution in [3.8, 4) is 0 Å². The highest BCUT2D eigenvalue weighted by Crippen LogP contribution is 2.27. The van der Waals surface area contributed by atoms with Gasteiger partial charge >= 0.3 is 0 Å². The van der Waals surface area contributed by atoms with E-state index in [-0.39, 0.29) is 24.1 Å². The van der Waals surface area contributed by atoms with Crippen molar-refractivity contribution in [1.82, 2.24) is 0 Å². The summed E-state index contributed by atoms with van der Waals surface area (Å²) in [6.45, 7) is 5.77. The molecule has 1 aromatic carbocycles. The van der Waals surface area contributed by atoms with Crippen molar-refractivity contribution in [1.29, 1.82) is 0 Å². The van der Waals surface area contributed by atoms with Gasteiger partial charge in [-0.3, -0.25) is 0 Å². The predicted molar refractivity (Wildman–Crippen MR) is 58.4 cm³/mol. The average molecular weight is 223 g/mol. The number of carboxylic acids is 1. The molecule has 0 atom stereocenters. The number of carbonyl (C=O) groups is 1. The average Bonchev–Trinajstić information content (AvgIpc) is 2.14. The number of aliphatic carboxylic acids is 1. The first kappa shape index (κ1) is 12.7. The van der Waals surface area contributed by atoms with Gasteiger partial charge in [-0.25, -0.2) is 4.39 Å². The van der Waals surface area contributed by atoms with Gasteiger partial charge in [-0.2, -0.15) is 0 Å². The summed E-state index contributed by atoms with van der Waals surface area (Å²) in [5, 5.41) is 10.3. The van der Waals surface area contributed by atoms with Crippen LogP contribution in [0.25, 0.3) is 0 Å². The number of halogens is 1. The maximum Gasteiger partial charge on any atom is 0.130 e. The molecule has 0 aromatic heterocycles. The van der Waals surface area contributed by atoms with Crippen molar-refractivity contribution in [2.75, 3.05) is 0 Å². The van der Waals surface area contributed by atoms with E-state index in [2.05, 4.69) is 0 Å². The second kappa shape index (κ2) is 4.64. The van der Waals surface area contributed by atoms with Crippen molar-refractivity contribution in [2.45, 2.75) is 39.0 Å². The zero-order valence-electron chi connectivity index (χ0n) is 9.84. The second-order valence-electron chi connectivity index (χ2n) is 4.90. The van der Waals surface area contributed by atoms with E-state index in [4.69, 9.17) is 0 Å². The molecule has 0 aliphatic carbocycles. The Morgan fingerprint density at radius 1 is 1.38 bits per heavy atom. The number of aryl methyl sites for hydroxylation is 1. The summed E-state index contributed by atoms with van der Waals surface area (Å²) in [7, 11) is 0. The Labute approximate surface area is 95.1 Å². The molecule has 0 saturated carbocycles. The molecule has 88 valence electrons. The molecule has 2 nitrogen and oxygen atoms in total. The highest BCUT2D eigenvalue weighted by atomic mass is 19.1. The predicted octanol–water partition coefficient (Wildman–Crippen LogP) is 1.81. The van der Waals surface area contributed by atoms with Gasteiger partial charge in [0.15, 0.2) is 0 Å². The maximum absolute atomic E-state index is 14.0. The Bertz CT molecular complexity index is 391. The van der Waals surface area contributed by atoms with Crippen LogP contribution < -0.4 is 5.11 Å². The molecule has 0 unspecified atom stereocenters. The Morgan fingerprint density at radius 3 is 2.50 bits per heavy atom. The SMILES string of the molecule is CC(C)(C)c1cccc(CCC(=O)[O-])c1F. The largest absolute Gasteiger partial charge is 0.550 e. The lowest BCUT2D eigenvalue weighted by atomic mass is 9.85. The van der Waals surface area contributed by atoms with Crippen LogP contribution in [-0.4, -0.2) is 5.97 Å². The van der Waals surface area contributed by atoms with Crippen LogP contribution >= 0.6 is 0 Å². The number of carboxylic acid groups (broad SMARTS) is 1. The van der Waals surface area contributed by atoms with Gasteiger partial charge in [0.2, 0.25) is 0 Å². The van der Waals surface area contributed by atoms with Gasteiger partial charge in [-0.1, -0.05) is 39.0 Å². The smallest absolute Gasteiger partial charge is 0.130 e. The first-order valence-electron chi connectivity index (χ1n) is 5.30. The lowest BCUT2D eigenvalue weighted by Gasteiger charge is -2.21. The summed E-state index contributed by atoms with van der Waals surface area (Å²) in [4.78, 5) is 10.3. The molecule has 0 aliphatic rings. The van der Waals surface area contributed by atoms with Gasteiger partial charge in [0.25, 0.3) is 0 Å². The molecular formula is C13H16FO2-. The first-order valence-corrected chi connectivity index (χ1v) is 5.30. The molecule has 0 radical (unpaired) electrons. The first-order chi connectivity index (χ1) is 7.32. The molecule has 3 heteroatoms. The van der Waals surface area contributed by atoms with Crippen molar-refractivity contribution in [3.63, 3.8) is 0 Å². The summed E-state index contributed by atoms with van der Waals surface area (Å²) >= 11 is 0. The lowest BCUT2D eigenvalue weighted by molar-refractivity contribution is -0.305. The van der Waals surface area contributed by atoms with Crippen molar-refractivity contribution in [2.24, 2.45) is 0 Å². The zero-order valence-corrected chi connectivity index (χ0v) is 9.84. The van der Waals surface area contributed by atoms with Crippen LogP contribution in [-0.2, 0) is 16.6 Å². The molecule has 0 fully saturated rings. The summed E-state index contributed by atoms with van der Waals surface area (Å²) in [5.41, 5.74) is 0.779. The minimum atomic E-state index is -1.15. The van der Waals surface area contributed by atoms with E-state index in [1.54, 1.807) is 18.2 Å². The van der Waals surface area contributed by atoms with Gasteiger partial charge < -0.3 is 9.90 Å². The number of carbonyl (C=O) groups excluding carboxylic acids is 1. The monoisotopic (exact) mass is 223 g/mol. The Kier molecular flexibility index (Phi) is 3.68. The standard InChI is InChI=1S/C13H17FO2/c1-13(2,3)10-6-4-5-9(12(10)14)7-8-11(15)16/h4-6H,7-8H2,1-3H3,(H,15,16)/p-1. The van der Waals surface area contributed by atoms with E-state index in [9.17, 15) is 14.3 Å². The Balaban J connectivity index is 3.00. The minimum absolute atomic E-state index is 0.148. The van der Waals surface area contributed by atoms with Gasteiger partial charge in [0.1, 0.15) is 5.82 Å². The fourth-order valence-corrected chi connectivity index (χ4v) is 1.59. The zero-order chi connectivity index (χ0) is 12.3. The van der Waals surface area contributed by atoms with Gasteiger partial charge in [-0.15, -0.1) is 0 Å². The molecule has 0 spiro atoms. The third kappa shape index (κ3) is 3.05. The summed E-state index contributed by atoms with van der Waals surface area (Å²) in [6.07, 6.45) is 0.0304. The van der Waals surface area contributed by atoms with E-state index < -0.39 is 5.97 Å². The van der Waals surface area contributed by atoms with Crippen LogP contribution in [0.1, 0.15) is 38.3 Å². The Hall–Kier alpha value is -1.38. The highest BCUT2D eigenvalue weighted by Gasteiger charge is 2.19. The molecule has 0 N–H and O–H groups in total. The molecular weight excluding hydrogens is 207 g/mol. The van der Waals surface area contributed by atoms with Crippen LogP contribution in [0.3, 0.4) is 0 Å². The molecule has 0 aliphatic heterocycles.